The molecule has 0 bridgehead atoms. The molecule has 1 aromatic carbocycles. The van der Waals surface area contributed by atoms with Gasteiger partial charge in [-0.25, -0.2) is 22.2 Å². The smallest absolute Gasteiger partial charge is 0.227 e. The van der Waals surface area contributed by atoms with E-state index in [2.05, 4.69) is 10.1 Å². The van der Waals surface area contributed by atoms with Crippen molar-refractivity contribution in [3.05, 3.63) is 48.8 Å². The Kier molecular flexibility index (Phi) is 3.23. The van der Waals surface area contributed by atoms with Gasteiger partial charge in [0.2, 0.25) is 10.0 Å². The maximum Gasteiger partial charge on any atom is 0.242 e. The van der Waals surface area contributed by atoms with Crippen molar-refractivity contribution in [2.24, 2.45) is 0 Å². The number of fused-ring (bicyclic) bond motifs is 1. The van der Waals surface area contributed by atoms with E-state index in [0.717, 1.165) is 16.9 Å². The second-order valence-corrected chi connectivity index (χ2v) is 6.92. The summed E-state index contributed by atoms with van der Waals surface area (Å²) in [5.74, 6) is 0. The van der Waals surface area contributed by atoms with Crippen molar-refractivity contribution in [1.29, 1.82) is 0 Å². The topological polar surface area (TPSA) is 67.6 Å². The molecule has 6 nitrogen and oxygen atoms in total. The summed E-state index contributed by atoms with van der Waals surface area (Å²) in [5.41, 5.74) is 2.35. The molecule has 7 heteroatoms. The number of rotatable bonds is 3. The summed E-state index contributed by atoms with van der Waals surface area (Å²) in [6, 6.07) is 10.3. The maximum absolute atomic E-state index is 12.0. The van der Waals surface area contributed by atoms with Gasteiger partial charge in [-0.2, -0.15) is 5.10 Å². The van der Waals surface area contributed by atoms with Crippen LogP contribution in [0.1, 0.15) is 0 Å². The molecule has 108 valence electrons. The molecule has 0 radical (unpaired) electrons. The van der Waals surface area contributed by atoms with E-state index in [9.17, 15) is 8.42 Å². The van der Waals surface area contributed by atoms with Crippen molar-refractivity contribution in [3.8, 4) is 11.3 Å². The van der Waals surface area contributed by atoms with Gasteiger partial charge in [0.25, 0.3) is 0 Å². The molecule has 0 saturated carbocycles. The molecule has 0 saturated heterocycles. The lowest BCUT2D eigenvalue weighted by atomic mass is 10.2. The second kappa shape index (κ2) is 4.94. The number of nitrogens with zero attached hydrogens (tertiary/aromatic N) is 4. The lowest BCUT2D eigenvalue weighted by molar-refractivity contribution is 0.521. The minimum absolute atomic E-state index is 0.262. The van der Waals surface area contributed by atoms with Gasteiger partial charge < -0.3 is 0 Å². The molecular weight excluding hydrogens is 288 g/mol. The number of hydrogen-bond donors (Lipinski definition) is 0. The Morgan fingerprint density at radius 1 is 1.10 bits per heavy atom. The van der Waals surface area contributed by atoms with Gasteiger partial charge in [0, 0.05) is 25.9 Å². The molecule has 0 aliphatic rings. The first-order valence-corrected chi connectivity index (χ1v) is 7.76. The minimum Gasteiger partial charge on any atom is -0.227 e. The van der Waals surface area contributed by atoms with Crippen molar-refractivity contribution in [3.63, 3.8) is 0 Å². The summed E-state index contributed by atoms with van der Waals surface area (Å²) < 4.78 is 26.9. The van der Waals surface area contributed by atoms with Crippen LogP contribution in [-0.2, 0) is 10.0 Å². The van der Waals surface area contributed by atoms with E-state index in [1.807, 2.05) is 18.3 Å². The molecule has 0 atom stereocenters. The van der Waals surface area contributed by atoms with Gasteiger partial charge in [0.05, 0.1) is 16.8 Å². The average Bonchev–Trinajstić information content (AvgIpc) is 2.91. The van der Waals surface area contributed by atoms with Gasteiger partial charge in [0.15, 0.2) is 5.65 Å². The van der Waals surface area contributed by atoms with Crippen LogP contribution in [0.3, 0.4) is 0 Å². The highest BCUT2D eigenvalue weighted by Crippen LogP contribution is 2.21. The van der Waals surface area contributed by atoms with Crippen LogP contribution in [0.2, 0.25) is 0 Å². The fraction of sp³-hybridized carbons (Fsp3) is 0.143. The van der Waals surface area contributed by atoms with Crippen LogP contribution < -0.4 is 0 Å². The first-order valence-electron chi connectivity index (χ1n) is 6.32. The molecule has 0 N–H and O–H groups in total. The van der Waals surface area contributed by atoms with Crippen molar-refractivity contribution in [2.75, 3.05) is 14.1 Å². The Morgan fingerprint density at radius 3 is 2.43 bits per heavy atom. The number of imidazole rings is 1. The molecule has 0 spiro atoms. The molecule has 0 fully saturated rings. The fourth-order valence-electron chi connectivity index (χ4n) is 1.98. The molecule has 2 heterocycles. The van der Waals surface area contributed by atoms with Crippen LogP contribution in [0, 0.1) is 0 Å². The zero-order chi connectivity index (χ0) is 15.0. The van der Waals surface area contributed by atoms with E-state index in [1.165, 1.54) is 18.4 Å². The van der Waals surface area contributed by atoms with Crippen LogP contribution in [0.5, 0.6) is 0 Å². The molecule has 0 unspecified atom stereocenters. The Hall–Kier alpha value is -2.25. The van der Waals surface area contributed by atoms with E-state index < -0.39 is 10.0 Å². The highest BCUT2D eigenvalue weighted by molar-refractivity contribution is 7.89. The quantitative estimate of drug-likeness (QED) is 0.738. The van der Waals surface area contributed by atoms with E-state index in [4.69, 9.17) is 0 Å². The highest BCUT2D eigenvalue weighted by atomic mass is 32.2. The van der Waals surface area contributed by atoms with E-state index >= 15 is 0 Å². The Morgan fingerprint density at radius 2 is 1.81 bits per heavy atom. The molecule has 3 aromatic rings. The number of hydrogen-bond acceptors (Lipinski definition) is 4. The number of benzene rings is 1. The molecule has 3 rings (SSSR count). The van der Waals surface area contributed by atoms with E-state index in [1.54, 1.807) is 35.0 Å². The van der Waals surface area contributed by atoms with Gasteiger partial charge in [-0.3, -0.25) is 0 Å². The SMILES string of the molecule is CN(C)S(=O)(=O)c1ccc(-c2cn3ncccc3n2)cc1. The number of sulfonamides is 1. The average molecular weight is 302 g/mol. The third-order valence-electron chi connectivity index (χ3n) is 3.17. The van der Waals surface area contributed by atoms with Gasteiger partial charge in [-0.05, 0) is 24.3 Å². The summed E-state index contributed by atoms with van der Waals surface area (Å²) in [6.45, 7) is 0. The summed E-state index contributed by atoms with van der Waals surface area (Å²) in [6.07, 6.45) is 3.50. The van der Waals surface area contributed by atoms with Crippen molar-refractivity contribution in [2.45, 2.75) is 4.90 Å². The Labute approximate surface area is 122 Å². The van der Waals surface area contributed by atoms with Crippen molar-refractivity contribution in [1.82, 2.24) is 18.9 Å². The van der Waals surface area contributed by atoms with Crippen LogP contribution in [-0.4, -0.2) is 41.4 Å². The fourth-order valence-corrected chi connectivity index (χ4v) is 2.88. The van der Waals surface area contributed by atoms with Crippen LogP contribution >= 0.6 is 0 Å². The Balaban J connectivity index is 2.01. The molecule has 0 amide bonds. The molecular formula is C14H14N4O2S. The second-order valence-electron chi connectivity index (χ2n) is 4.76. The molecule has 21 heavy (non-hydrogen) atoms. The van der Waals surface area contributed by atoms with E-state index in [0.29, 0.717) is 0 Å². The standard InChI is InChI=1S/C14H14N4O2S/c1-17(2)21(19,20)12-7-5-11(6-8-12)13-10-18-14(16-13)4-3-9-15-18/h3-10H,1-2H3. The third-order valence-corrected chi connectivity index (χ3v) is 4.99. The summed E-state index contributed by atoms with van der Waals surface area (Å²) in [5, 5.41) is 4.16. The van der Waals surface area contributed by atoms with Gasteiger partial charge in [-0.15, -0.1) is 0 Å². The first kappa shape index (κ1) is 13.7. The third kappa shape index (κ3) is 2.41. The largest absolute Gasteiger partial charge is 0.242 e. The monoisotopic (exact) mass is 302 g/mol. The van der Waals surface area contributed by atoms with Gasteiger partial charge >= 0.3 is 0 Å². The zero-order valence-electron chi connectivity index (χ0n) is 11.6. The van der Waals surface area contributed by atoms with Crippen molar-refractivity contribution < 1.29 is 8.42 Å². The minimum atomic E-state index is -3.41. The van der Waals surface area contributed by atoms with E-state index in [-0.39, 0.29) is 4.90 Å². The lowest BCUT2D eigenvalue weighted by Crippen LogP contribution is -2.22. The van der Waals surface area contributed by atoms with Gasteiger partial charge in [-0.1, -0.05) is 12.1 Å². The van der Waals surface area contributed by atoms with Crippen LogP contribution in [0.4, 0.5) is 0 Å². The van der Waals surface area contributed by atoms with Gasteiger partial charge in [0.1, 0.15) is 0 Å². The maximum atomic E-state index is 12.0. The summed E-state index contributed by atoms with van der Waals surface area (Å²) in [7, 11) is -0.383. The number of aromatic nitrogens is 3. The summed E-state index contributed by atoms with van der Waals surface area (Å²) in [4.78, 5) is 4.71. The Bertz CT molecular complexity index is 850. The molecule has 0 aliphatic heterocycles. The van der Waals surface area contributed by atoms with Crippen molar-refractivity contribution >= 4 is 15.7 Å². The zero-order valence-corrected chi connectivity index (χ0v) is 12.4. The lowest BCUT2D eigenvalue weighted by Gasteiger charge is -2.11. The first-order chi connectivity index (χ1) is 9.98. The predicted octanol–water partition coefficient (Wildman–Crippen LogP) is 1.65. The van der Waals surface area contributed by atoms with Crippen LogP contribution in [0.15, 0.2) is 53.7 Å². The normalized spacial score (nSPS) is 12.1. The highest BCUT2D eigenvalue weighted by Gasteiger charge is 2.17. The molecule has 2 aromatic heterocycles. The molecule has 0 aliphatic carbocycles. The van der Waals surface area contributed by atoms with Crippen LogP contribution in [0.25, 0.3) is 16.9 Å². The summed E-state index contributed by atoms with van der Waals surface area (Å²) >= 11 is 0. The predicted molar refractivity (Wildman–Crippen MR) is 79.3 cm³/mol.